The lowest BCUT2D eigenvalue weighted by molar-refractivity contribution is 0.0734. The number of ether oxygens (including phenoxy) is 2. The van der Waals surface area contributed by atoms with Crippen LogP contribution in [0.2, 0.25) is 0 Å². The predicted molar refractivity (Wildman–Crippen MR) is 140 cm³/mol. The van der Waals surface area contributed by atoms with Crippen molar-refractivity contribution in [3.8, 4) is 11.5 Å². The second-order valence-corrected chi connectivity index (χ2v) is 8.63. The number of hydrogen-bond donors (Lipinski definition) is 2. The van der Waals surface area contributed by atoms with Crippen molar-refractivity contribution >= 4 is 40.3 Å². The van der Waals surface area contributed by atoms with Crippen molar-refractivity contribution in [3.63, 3.8) is 0 Å². The van der Waals surface area contributed by atoms with Crippen LogP contribution >= 0.6 is 12.2 Å². The Kier molecular flexibility index (Phi) is 8.09. The molecule has 4 rings (SSSR count). The van der Waals surface area contributed by atoms with E-state index >= 15 is 0 Å². The summed E-state index contributed by atoms with van der Waals surface area (Å²) in [5, 5.41) is 10.1. The van der Waals surface area contributed by atoms with Crippen molar-refractivity contribution < 1.29 is 14.3 Å². The van der Waals surface area contributed by atoms with Gasteiger partial charge in [0.1, 0.15) is 11.5 Å². The lowest BCUT2D eigenvalue weighted by atomic mass is 9.96. The summed E-state index contributed by atoms with van der Waals surface area (Å²) in [6.07, 6.45) is 7.64. The van der Waals surface area contributed by atoms with Gasteiger partial charge in [0.2, 0.25) is 0 Å². The smallest absolute Gasteiger partial charge is 0.343 e. The molecular weight excluding hydrogens is 446 g/mol. The molecule has 1 aliphatic rings. The molecule has 7 heteroatoms. The first-order chi connectivity index (χ1) is 16.6. The van der Waals surface area contributed by atoms with Gasteiger partial charge >= 0.3 is 5.97 Å². The van der Waals surface area contributed by atoms with Gasteiger partial charge in [-0.05, 0) is 73.1 Å². The van der Waals surface area contributed by atoms with E-state index in [9.17, 15) is 4.79 Å². The van der Waals surface area contributed by atoms with Crippen LogP contribution in [0.1, 0.15) is 54.9 Å². The highest BCUT2D eigenvalue weighted by Gasteiger charge is 2.15. The van der Waals surface area contributed by atoms with Crippen LogP contribution in [0.15, 0.2) is 65.8 Å². The molecule has 176 valence electrons. The number of hydrazone groups is 1. The van der Waals surface area contributed by atoms with Crippen LogP contribution in [-0.2, 0) is 0 Å². The fraction of sp³-hybridized carbons (Fsp3) is 0.296. The number of fused-ring (bicyclic) bond motifs is 1. The van der Waals surface area contributed by atoms with Crippen molar-refractivity contribution in [2.45, 2.75) is 45.1 Å². The van der Waals surface area contributed by atoms with Gasteiger partial charge in [-0.2, -0.15) is 5.10 Å². The van der Waals surface area contributed by atoms with Gasteiger partial charge in [0.05, 0.1) is 18.4 Å². The van der Waals surface area contributed by atoms with Crippen LogP contribution in [0.25, 0.3) is 10.8 Å². The van der Waals surface area contributed by atoms with Crippen molar-refractivity contribution in [1.82, 2.24) is 10.7 Å². The maximum absolute atomic E-state index is 12.8. The van der Waals surface area contributed by atoms with Gasteiger partial charge in [0.15, 0.2) is 5.11 Å². The zero-order chi connectivity index (χ0) is 23.8. The first-order valence-electron chi connectivity index (χ1n) is 11.7. The van der Waals surface area contributed by atoms with Gasteiger partial charge in [-0.3, -0.25) is 5.43 Å². The summed E-state index contributed by atoms with van der Waals surface area (Å²) in [6, 6.07) is 18.9. The molecule has 3 aromatic carbocycles. The van der Waals surface area contributed by atoms with E-state index in [0.29, 0.717) is 40.4 Å². The molecule has 34 heavy (non-hydrogen) atoms. The number of rotatable bonds is 7. The van der Waals surface area contributed by atoms with Gasteiger partial charge in [-0.25, -0.2) is 4.79 Å². The Bertz CT molecular complexity index is 1170. The Morgan fingerprint density at radius 1 is 1.06 bits per heavy atom. The average Bonchev–Trinajstić information content (AvgIpc) is 2.86. The lowest BCUT2D eigenvalue weighted by Crippen LogP contribution is -2.40. The van der Waals surface area contributed by atoms with E-state index in [1.165, 1.54) is 19.3 Å². The van der Waals surface area contributed by atoms with E-state index in [1.807, 2.05) is 37.3 Å². The third-order valence-electron chi connectivity index (χ3n) is 5.83. The number of hydrogen-bond acceptors (Lipinski definition) is 5. The minimum Gasteiger partial charge on any atom is -0.494 e. The largest absolute Gasteiger partial charge is 0.494 e. The molecule has 1 aliphatic carbocycles. The maximum atomic E-state index is 12.8. The summed E-state index contributed by atoms with van der Waals surface area (Å²) in [5.41, 5.74) is 4.05. The summed E-state index contributed by atoms with van der Waals surface area (Å²) in [4.78, 5) is 12.8. The van der Waals surface area contributed by atoms with Crippen LogP contribution in [0.4, 0.5) is 0 Å². The zero-order valence-electron chi connectivity index (χ0n) is 19.3. The monoisotopic (exact) mass is 475 g/mol. The van der Waals surface area contributed by atoms with Gasteiger partial charge in [0.25, 0.3) is 0 Å². The van der Waals surface area contributed by atoms with E-state index in [4.69, 9.17) is 21.7 Å². The highest BCUT2D eigenvalue weighted by molar-refractivity contribution is 7.80. The second kappa shape index (κ2) is 11.6. The summed E-state index contributed by atoms with van der Waals surface area (Å²) < 4.78 is 11.2. The third-order valence-corrected chi connectivity index (χ3v) is 6.04. The van der Waals surface area contributed by atoms with Crippen molar-refractivity contribution in [2.75, 3.05) is 6.61 Å². The van der Waals surface area contributed by atoms with E-state index in [1.54, 1.807) is 36.5 Å². The number of thiocarbonyl (C=S) groups is 1. The number of benzene rings is 3. The summed E-state index contributed by atoms with van der Waals surface area (Å²) in [6.45, 7) is 2.48. The highest BCUT2D eigenvalue weighted by Crippen LogP contribution is 2.27. The second-order valence-electron chi connectivity index (χ2n) is 8.22. The molecule has 1 saturated carbocycles. The van der Waals surface area contributed by atoms with Crippen LogP contribution in [0, 0.1) is 0 Å². The number of nitrogens with one attached hydrogen (secondary N) is 2. The standard InChI is InChI=1S/C27H29N3O3S/c1-2-32-22-15-12-20(13-16-22)26(31)33-25-17-14-19-8-6-7-11-23(19)24(25)18-28-30-27(34)29-21-9-4-3-5-10-21/h6-8,11-18,21H,2-5,9-10H2,1H3,(H2,29,30,34)/b28-18+. The minimum atomic E-state index is -0.449. The van der Waals surface area contributed by atoms with Crippen molar-refractivity contribution in [3.05, 3.63) is 71.8 Å². The van der Waals surface area contributed by atoms with Crippen LogP contribution in [0.5, 0.6) is 11.5 Å². The maximum Gasteiger partial charge on any atom is 0.343 e. The predicted octanol–water partition coefficient (Wildman–Crippen LogP) is 5.59. The number of carbonyl (C=O) groups excluding carboxylic acids is 1. The zero-order valence-corrected chi connectivity index (χ0v) is 20.1. The fourth-order valence-corrected chi connectivity index (χ4v) is 4.35. The summed E-state index contributed by atoms with van der Waals surface area (Å²) >= 11 is 5.41. The normalized spacial score (nSPS) is 14.1. The SMILES string of the molecule is CCOc1ccc(C(=O)Oc2ccc3ccccc3c2/C=N/NC(=S)NC2CCCCC2)cc1. The molecular formula is C27H29N3O3S. The third kappa shape index (κ3) is 6.11. The number of nitrogens with zero attached hydrogens (tertiary/aromatic N) is 1. The van der Waals surface area contributed by atoms with Crippen LogP contribution in [-0.4, -0.2) is 29.9 Å². The quantitative estimate of drug-likeness (QED) is 0.153. The van der Waals surface area contributed by atoms with E-state index in [2.05, 4.69) is 15.8 Å². The Morgan fingerprint density at radius 2 is 1.82 bits per heavy atom. The van der Waals surface area contributed by atoms with Gasteiger partial charge in [-0.1, -0.05) is 49.6 Å². The van der Waals surface area contributed by atoms with E-state index in [0.717, 1.165) is 23.6 Å². The molecule has 0 spiro atoms. The molecule has 0 atom stereocenters. The Hall–Kier alpha value is -3.45. The Balaban J connectivity index is 1.51. The molecule has 1 fully saturated rings. The van der Waals surface area contributed by atoms with E-state index in [-0.39, 0.29) is 0 Å². The highest BCUT2D eigenvalue weighted by atomic mass is 32.1. The molecule has 3 aromatic rings. The molecule has 0 heterocycles. The Labute approximate surface area is 205 Å². The topological polar surface area (TPSA) is 72.0 Å². The first-order valence-corrected chi connectivity index (χ1v) is 12.1. The molecule has 0 aliphatic heterocycles. The number of esters is 1. The molecule has 0 bridgehead atoms. The summed E-state index contributed by atoms with van der Waals surface area (Å²) in [5.74, 6) is 0.686. The minimum absolute atomic E-state index is 0.395. The fourth-order valence-electron chi connectivity index (χ4n) is 4.13. The first kappa shape index (κ1) is 23.7. The van der Waals surface area contributed by atoms with Gasteiger partial charge in [-0.15, -0.1) is 0 Å². The molecule has 0 radical (unpaired) electrons. The molecule has 0 saturated heterocycles. The Morgan fingerprint density at radius 3 is 2.59 bits per heavy atom. The van der Waals surface area contributed by atoms with Crippen molar-refractivity contribution in [1.29, 1.82) is 0 Å². The average molecular weight is 476 g/mol. The van der Waals surface area contributed by atoms with Crippen LogP contribution in [0.3, 0.4) is 0 Å². The molecule has 6 nitrogen and oxygen atoms in total. The van der Waals surface area contributed by atoms with E-state index < -0.39 is 5.97 Å². The van der Waals surface area contributed by atoms with Crippen LogP contribution < -0.4 is 20.2 Å². The van der Waals surface area contributed by atoms with Crippen molar-refractivity contribution in [2.24, 2.45) is 5.10 Å². The lowest BCUT2D eigenvalue weighted by Gasteiger charge is -2.23. The summed E-state index contributed by atoms with van der Waals surface area (Å²) in [7, 11) is 0. The molecule has 2 N–H and O–H groups in total. The van der Waals surface area contributed by atoms with Gasteiger partial charge in [0, 0.05) is 11.6 Å². The van der Waals surface area contributed by atoms with Gasteiger partial charge < -0.3 is 14.8 Å². The molecule has 0 aromatic heterocycles. The number of carbonyl (C=O) groups is 1. The molecule has 0 unspecified atom stereocenters. The molecule has 0 amide bonds.